The van der Waals surface area contributed by atoms with E-state index in [9.17, 15) is 5.26 Å². The summed E-state index contributed by atoms with van der Waals surface area (Å²) in [4.78, 5) is 2.06. The van der Waals surface area contributed by atoms with Gasteiger partial charge in [-0.2, -0.15) is 5.26 Å². The van der Waals surface area contributed by atoms with Gasteiger partial charge in [-0.3, -0.25) is 4.90 Å². The Balaban J connectivity index is 2.97. The lowest BCUT2D eigenvalue weighted by Crippen LogP contribution is -2.27. The van der Waals surface area contributed by atoms with Crippen molar-refractivity contribution in [2.45, 2.75) is 19.9 Å². The second kappa shape index (κ2) is 6.27. The summed E-state index contributed by atoms with van der Waals surface area (Å²) in [5.74, 6) is 1.31. The number of methoxy groups -OCH3 is 1. The SMILES string of the molecule is COc1ccccc1C(C#N)N(C)CC(C)C. The molecule has 0 aromatic heterocycles. The van der Waals surface area contributed by atoms with Crippen molar-refractivity contribution in [3.05, 3.63) is 29.8 Å². The summed E-state index contributed by atoms with van der Waals surface area (Å²) in [7, 11) is 3.61. The van der Waals surface area contributed by atoms with Gasteiger partial charge >= 0.3 is 0 Å². The maximum absolute atomic E-state index is 9.34. The number of nitrogens with zero attached hydrogens (tertiary/aromatic N) is 2. The molecule has 1 unspecified atom stereocenters. The first-order chi connectivity index (χ1) is 8.10. The van der Waals surface area contributed by atoms with Crippen LogP contribution < -0.4 is 4.74 Å². The first-order valence-electron chi connectivity index (χ1n) is 5.83. The van der Waals surface area contributed by atoms with Gasteiger partial charge < -0.3 is 4.74 Å². The van der Waals surface area contributed by atoms with Crippen molar-refractivity contribution in [2.75, 3.05) is 20.7 Å². The van der Waals surface area contributed by atoms with Gasteiger partial charge in [-0.25, -0.2) is 0 Å². The van der Waals surface area contributed by atoms with Crippen LogP contribution in [0.5, 0.6) is 5.75 Å². The molecule has 92 valence electrons. The van der Waals surface area contributed by atoms with Crippen LogP contribution in [0.15, 0.2) is 24.3 Å². The summed E-state index contributed by atoms with van der Waals surface area (Å²) in [6.45, 7) is 5.18. The highest BCUT2D eigenvalue weighted by molar-refractivity contribution is 5.38. The molecule has 0 aliphatic rings. The van der Waals surface area contributed by atoms with Crippen LogP contribution in [0.2, 0.25) is 0 Å². The molecule has 1 aromatic carbocycles. The van der Waals surface area contributed by atoms with Crippen LogP contribution in [0.25, 0.3) is 0 Å². The number of benzene rings is 1. The van der Waals surface area contributed by atoms with Gasteiger partial charge in [0.1, 0.15) is 11.8 Å². The number of ether oxygens (including phenoxy) is 1. The van der Waals surface area contributed by atoms with Crippen molar-refractivity contribution in [3.63, 3.8) is 0 Å². The average molecular weight is 232 g/mol. The standard InChI is InChI=1S/C14H20N2O/c1-11(2)10-16(3)13(9-15)12-7-5-6-8-14(12)17-4/h5-8,11,13H,10H2,1-4H3. The fourth-order valence-electron chi connectivity index (χ4n) is 1.98. The minimum absolute atomic E-state index is 0.256. The first-order valence-corrected chi connectivity index (χ1v) is 5.83. The summed E-state index contributed by atoms with van der Waals surface area (Å²) in [5, 5.41) is 9.34. The van der Waals surface area contributed by atoms with E-state index in [1.807, 2.05) is 31.3 Å². The smallest absolute Gasteiger partial charge is 0.127 e. The monoisotopic (exact) mass is 232 g/mol. The fourth-order valence-corrected chi connectivity index (χ4v) is 1.98. The Labute approximate surface area is 104 Å². The van der Waals surface area contributed by atoms with E-state index in [0.717, 1.165) is 17.9 Å². The van der Waals surface area contributed by atoms with E-state index in [-0.39, 0.29) is 6.04 Å². The summed E-state index contributed by atoms with van der Waals surface area (Å²) < 4.78 is 5.31. The molecule has 1 aromatic rings. The van der Waals surface area contributed by atoms with E-state index in [0.29, 0.717) is 5.92 Å². The van der Waals surface area contributed by atoms with E-state index >= 15 is 0 Å². The van der Waals surface area contributed by atoms with E-state index in [1.54, 1.807) is 7.11 Å². The average Bonchev–Trinajstić information content (AvgIpc) is 2.29. The summed E-state index contributed by atoms with van der Waals surface area (Å²) in [6.07, 6.45) is 0. The Bertz CT molecular complexity index is 395. The van der Waals surface area contributed by atoms with E-state index in [1.165, 1.54) is 0 Å². The summed E-state index contributed by atoms with van der Waals surface area (Å²) in [5.41, 5.74) is 0.931. The molecule has 3 heteroatoms. The molecule has 0 bridgehead atoms. The Morgan fingerprint density at radius 1 is 1.35 bits per heavy atom. The van der Waals surface area contributed by atoms with Crippen molar-refractivity contribution < 1.29 is 4.74 Å². The fraction of sp³-hybridized carbons (Fsp3) is 0.500. The van der Waals surface area contributed by atoms with Crippen LogP contribution in [0.3, 0.4) is 0 Å². The zero-order chi connectivity index (χ0) is 12.8. The highest BCUT2D eigenvalue weighted by atomic mass is 16.5. The molecule has 0 amide bonds. The van der Waals surface area contributed by atoms with Crippen LogP contribution in [0.1, 0.15) is 25.5 Å². The quantitative estimate of drug-likeness (QED) is 0.783. The predicted octanol–water partition coefficient (Wildman–Crippen LogP) is 2.85. The lowest BCUT2D eigenvalue weighted by Gasteiger charge is -2.25. The summed E-state index contributed by atoms with van der Waals surface area (Å²) >= 11 is 0. The molecule has 0 aliphatic carbocycles. The Kier molecular flexibility index (Phi) is 4.99. The van der Waals surface area contributed by atoms with Gasteiger partial charge in [0.25, 0.3) is 0 Å². The van der Waals surface area contributed by atoms with Gasteiger partial charge in [-0.15, -0.1) is 0 Å². The van der Waals surface area contributed by atoms with Crippen LogP contribution >= 0.6 is 0 Å². The molecule has 1 atom stereocenters. The number of nitriles is 1. The largest absolute Gasteiger partial charge is 0.496 e. The normalized spacial score (nSPS) is 12.5. The Hall–Kier alpha value is -1.53. The molecular formula is C14H20N2O. The molecule has 1 rings (SSSR count). The molecule has 0 fully saturated rings. The van der Waals surface area contributed by atoms with Crippen molar-refractivity contribution in [3.8, 4) is 11.8 Å². The van der Waals surface area contributed by atoms with Crippen molar-refractivity contribution >= 4 is 0 Å². The highest BCUT2D eigenvalue weighted by Crippen LogP contribution is 2.28. The number of hydrogen-bond donors (Lipinski definition) is 0. The first kappa shape index (κ1) is 13.5. The van der Waals surface area contributed by atoms with Crippen LogP contribution in [-0.4, -0.2) is 25.6 Å². The molecule has 0 radical (unpaired) electrons. The minimum Gasteiger partial charge on any atom is -0.496 e. The van der Waals surface area contributed by atoms with Crippen molar-refractivity contribution in [1.29, 1.82) is 5.26 Å². The molecule has 0 saturated heterocycles. The van der Waals surface area contributed by atoms with Crippen LogP contribution in [0, 0.1) is 17.2 Å². The molecule has 3 nitrogen and oxygen atoms in total. The molecule has 0 aliphatic heterocycles. The van der Waals surface area contributed by atoms with Gasteiger partial charge in [0.2, 0.25) is 0 Å². The Morgan fingerprint density at radius 3 is 2.53 bits per heavy atom. The molecule has 17 heavy (non-hydrogen) atoms. The van der Waals surface area contributed by atoms with Crippen LogP contribution in [0.4, 0.5) is 0 Å². The maximum Gasteiger partial charge on any atom is 0.127 e. The van der Waals surface area contributed by atoms with E-state index in [4.69, 9.17) is 4.74 Å². The lowest BCUT2D eigenvalue weighted by atomic mass is 10.0. The molecule has 0 saturated carbocycles. The predicted molar refractivity (Wildman–Crippen MR) is 68.8 cm³/mol. The van der Waals surface area contributed by atoms with Gasteiger partial charge in [-0.1, -0.05) is 32.0 Å². The summed E-state index contributed by atoms with van der Waals surface area (Å²) in [6, 6.07) is 9.78. The highest BCUT2D eigenvalue weighted by Gasteiger charge is 2.20. The third kappa shape index (κ3) is 3.47. The van der Waals surface area contributed by atoms with Gasteiger partial charge in [0.15, 0.2) is 0 Å². The van der Waals surface area contributed by atoms with E-state index < -0.39 is 0 Å². The van der Waals surface area contributed by atoms with Crippen molar-refractivity contribution in [1.82, 2.24) is 4.90 Å². The number of hydrogen-bond acceptors (Lipinski definition) is 3. The molecule has 0 N–H and O–H groups in total. The zero-order valence-corrected chi connectivity index (χ0v) is 11.0. The maximum atomic E-state index is 9.34. The Morgan fingerprint density at radius 2 is 2.00 bits per heavy atom. The molecular weight excluding hydrogens is 212 g/mol. The zero-order valence-electron chi connectivity index (χ0n) is 11.0. The molecule has 0 spiro atoms. The lowest BCUT2D eigenvalue weighted by molar-refractivity contribution is 0.254. The third-order valence-electron chi connectivity index (χ3n) is 2.65. The van der Waals surface area contributed by atoms with Gasteiger partial charge in [0.05, 0.1) is 13.2 Å². The minimum atomic E-state index is -0.256. The molecule has 0 heterocycles. The second-order valence-corrected chi connectivity index (χ2v) is 4.61. The van der Waals surface area contributed by atoms with Gasteiger partial charge in [-0.05, 0) is 19.0 Å². The van der Waals surface area contributed by atoms with Crippen LogP contribution in [-0.2, 0) is 0 Å². The topological polar surface area (TPSA) is 36.3 Å². The number of rotatable bonds is 5. The van der Waals surface area contributed by atoms with E-state index in [2.05, 4.69) is 24.8 Å². The second-order valence-electron chi connectivity index (χ2n) is 4.61. The van der Waals surface area contributed by atoms with Gasteiger partial charge in [0, 0.05) is 12.1 Å². The number of para-hydroxylation sites is 1. The third-order valence-corrected chi connectivity index (χ3v) is 2.65. The van der Waals surface area contributed by atoms with Crippen molar-refractivity contribution in [2.24, 2.45) is 5.92 Å².